The van der Waals surface area contributed by atoms with Crippen LogP contribution in [0.25, 0.3) is 0 Å². The van der Waals surface area contributed by atoms with E-state index in [0.717, 1.165) is 22.4 Å². The molecule has 0 saturated carbocycles. The normalized spacial score (nSPS) is 12.6. The topological polar surface area (TPSA) is 89.3 Å². The van der Waals surface area contributed by atoms with Crippen LogP contribution in [-0.4, -0.2) is 25.6 Å². The Morgan fingerprint density at radius 1 is 1.25 bits per heavy atom. The van der Waals surface area contributed by atoms with E-state index in [1.807, 2.05) is 31.2 Å². The van der Waals surface area contributed by atoms with Crippen molar-refractivity contribution in [2.45, 2.75) is 24.3 Å². The molecule has 0 bridgehead atoms. The van der Waals surface area contributed by atoms with Crippen LogP contribution in [0.15, 0.2) is 51.8 Å². The van der Waals surface area contributed by atoms with Crippen molar-refractivity contribution in [2.24, 2.45) is 0 Å². The lowest BCUT2D eigenvalue weighted by Gasteiger charge is -2.17. The molecule has 0 spiro atoms. The lowest BCUT2D eigenvalue weighted by Crippen LogP contribution is -2.19. The van der Waals surface area contributed by atoms with E-state index in [0.29, 0.717) is 12.1 Å². The van der Waals surface area contributed by atoms with Crippen LogP contribution in [-0.2, 0) is 16.3 Å². The summed E-state index contributed by atoms with van der Waals surface area (Å²) in [4.78, 5) is 10.2. The van der Waals surface area contributed by atoms with E-state index in [2.05, 4.69) is 21.2 Å². The van der Waals surface area contributed by atoms with Gasteiger partial charge in [0.05, 0.1) is 15.5 Å². The van der Waals surface area contributed by atoms with Crippen LogP contribution in [0.5, 0.6) is 0 Å². The van der Waals surface area contributed by atoms with Gasteiger partial charge in [-0.15, -0.1) is 0 Å². The molecule has 8 heteroatoms. The predicted molar refractivity (Wildman–Crippen MR) is 97.1 cm³/mol. The van der Waals surface area contributed by atoms with Gasteiger partial charge in [-0.1, -0.05) is 28.1 Å². The van der Waals surface area contributed by atoms with Crippen LogP contribution in [0.1, 0.15) is 12.5 Å². The number of non-ortho nitro benzene ring substituents is 1. The molecule has 2 aromatic carbocycles. The number of hydrogen-bond acceptors (Lipinski definition) is 5. The summed E-state index contributed by atoms with van der Waals surface area (Å²) >= 11 is 3.41. The zero-order valence-corrected chi connectivity index (χ0v) is 15.6. The SMILES string of the molecule is CC(Cc1cccc(Br)c1)Nc1ccc([N+](=O)[O-])cc1S(C)(=O)=O. The molecule has 6 nitrogen and oxygen atoms in total. The van der Waals surface area contributed by atoms with Crippen molar-refractivity contribution >= 4 is 37.1 Å². The van der Waals surface area contributed by atoms with Crippen molar-refractivity contribution in [3.8, 4) is 0 Å². The van der Waals surface area contributed by atoms with Crippen LogP contribution in [0, 0.1) is 10.1 Å². The van der Waals surface area contributed by atoms with Crippen molar-refractivity contribution in [3.05, 3.63) is 62.6 Å². The summed E-state index contributed by atoms with van der Waals surface area (Å²) in [5, 5.41) is 14.0. The molecule has 0 aromatic heterocycles. The third-order valence-corrected chi connectivity index (χ3v) is 5.04. The number of nitrogens with one attached hydrogen (secondary N) is 1. The molecule has 0 aliphatic carbocycles. The van der Waals surface area contributed by atoms with Crippen molar-refractivity contribution in [3.63, 3.8) is 0 Å². The summed E-state index contributed by atoms with van der Waals surface area (Å²) in [7, 11) is -3.59. The summed E-state index contributed by atoms with van der Waals surface area (Å²) in [6, 6.07) is 11.6. The fourth-order valence-corrected chi connectivity index (χ4v) is 3.69. The molecule has 0 heterocycles. The number of nitro benzene ring substituents is 1. The highest BCUT2D eigenvalue weighted by atomic mass is 79.9. The fourth-order valence-electron chi connectivity index (χ4n) is 2.38. The highest BCUT2D eigenvalue weighted by Crippen LogP contribution is 2.27. The second-order valence-electron chi connectivity index (χ2n) is 5.59. The van der Waals surface area contributed by atoms with Gasteiger partial charge in [-0.25, -0.2) is 8.42 Å². The van der Waals surface area contributed by atoms with Crippen molar-refractivity contribution in [1.29, 1.82) is 0 Å². The largest absolute Gasteiger partial charge is 0.381 e. The molecular weight excluding hydrogens is 396 g/mol. The average Bonchev–Trinajstić information content (AvgIpc) is 2.46. The Bertz CT molecular complexity index is 868. The minimum absolute atomic E-state index is 0.0544. The van der Waals surface area contributed by atoms with Crippen molar-refractivity contribution in [1.82, 2.24) is 0 Å². The van der Waals surface area contributed by atoms with Crippen LogP contribution in [0.2, 0.25) is 0 Å². The zero-order valence-electron chi connectivity index (χ0n) is 13.2. The predicted octanol–water partition coefficient (Wildman–Crippen LogP) is 3.80. The maximum Gasteiger partial charge on any atom is 0.270 e. The highest BCUT2D eigenvalue weighted by molar-refractivity contribution is 9.10. The van der Waals surface area contributed by atoms with Gasteiger partial charge in [0.2, 0.25) is 0 Å². The molecule has 0 aliphatic rings. The van der Waals surface area contributed by atoms with Gasteiger partial charge in [0.15, 0.2) is 9.84 Å². The van der Waals surface area contributed by atoms with Gasteiger partial charge in [0, 0.05) is 28.9 Å². The Hall–Kier alpha value is -1.93. The Morgan fingerprint density at radius 2 is 1.96 bits per heavy atom. The van der Waals surface area contributed by atoms with Gasteiger partial charge in [0.25, 0.3) is 5.69 Å². The summed E-state index contributed by atoms with van der Waals surface area (Å²) in [6.45, 7) is 1.92. The number of benzene rings is 2. The van der Waals surface area contributed by atoms with E-state index in [9.17, 15) is 18.5 Å². The number of rotatable bonds is 6. The molecule has 1 N–H and O–H groups in total. The second kappa shape index (κ2) is 7.31. The summed E-state index contributed by atoms with van der Waals surface area (Å²) < 4.78 is 24.9. The third-order valence-electron chi connectivity index (χ3n) is 3.41. The average molecular weight is 413 g/mol. The van der Waals surface area contributed by atoms with Crippen LogP contribution in [0.3, 0.4) is 0 Å². The van der Waals surface area contributed by atoms with E-state index in [1.165, 1.54) is 12.1 Å². The van der Waals surface area contributed by atoms with Gasteiger partial charge in [-0.05, 0) is 37.1 Å². The molecule has 0 radical (unpaired) electrons. The molecule has 24 heavy (non-hydrogen) atoms. The number of anilines is 1. The summed E-state index contributed by atoms with van der Waals surface area (Å²) in [6.07, 6.45) is 1.72. The fraction of sp³-hybridized carbons (Fsp3) is 0.250. The molecule has 0 fully saturated rings. The molecular formula is C16H17BrN2O4S. The first-order chi connectivity index (χ1) is 11.2. The first-order valence-corrected chi connectivity index (χ1v) is 9.85. The summed E-state index contributed by atoms with van der Waals surface area (Å²) in [5.74, 6) is 0. The highest BCUT2D eigenvalue weighted by Gasteiger charge is 2.19. The molecule has 2 aromatic rings. The standard InChI is InChI=1S/C16H17BrN2O4S/c1-11(8-12-4-3-5-13(17)9-12)18-15-7-6-14(19(20)21)10-16(15)24(2,22)23/h3-7,9-11,18H,8H2,1-2H3. The van der Waals surface area contributed by atoms with Gasteiger partial charge in [-0.3, -0.25) is 10.1 Å². The molecule has 0 saturated heterocycles. The van der Waals surface area contributed by atoms with E-state index in [1.54, 1.807) is 0 Å². The Balaban J connectivity index is 2.26. The maximum absolute atomic E-state index is 11.9. The minimum atomic E-state index is -3.59. The lowest BCUT2D eigenvalue weighted by atomic mass is 10.1. The van der Waals surface area contributed by atoms with Crippen molar-refractivity contribution in [2.75, 3.05) is 11.6 Å². The number of halogens is 1. The van der Waals surface area contributed by atoms with E-state index >= 15 is 0 Å². The van der Waals surface area contributed by atoms with Crippen LogP contribution in [0.4, 0.5) is 11.4 Å². The molecule has 1 unspecified atom stereocenters. The van der Waals surface area contributed by atoms with E-state index in [-0.39, 0.29) is 16.6 Å². The van der Waals surface area contributed by atoms with Gasteiger partial charge >= 0.3 is 0 Å². The molecule has 1 atom stereocenters. The number of nitrogens with zero attached hydrogens (tertiary/aromatic N) is 1. The Labute approximate surface area is 149 Å². The van der Waals surface area contributed by atoms with Gasteiger partial charge < -0.3 is 5.32 Å². The maximum atomic E-state index is 11.9. The smallest absolute Gasteiger partial charge is 0.270 e. The molecule has 0 amide bonds. The first kappa shape index (κ1) is 18.4. The van der Waals surface area contributed by atoms with E-state index < -0.39 is 14.8 Å². The van der Waals surface area contributed by atoms with Crippen molar-refractivity contribution < 1.29 is 13.3 Å². The zero-order chi connectivity index (χ0) is 17.9. The molecule has 128 valence electrons. The number of nitro groups is 1. The second-order valence-corrected chi connectivity index (χ2v) is 8.49. The minimum Gasteiger partial charge on any atom is -0.381 e. The lowest BCUT2D eigenvalue weighted by molar-refractivity contribution is -0.385. The molecule has 0 aliphatic heterocycles. The Kier molecular flexibility index (Phi) is 5.61. The first-order valence-electron chi connectivity index (χ1n) is 7.16. The van der Waals surface area contributed by atoms with Gasteiger partial charge in [0.1, 0.15) is 0 Å². The number of sulfone groups is 1. The number of hydrogen-bond donors (Lipinski definition) is 1. The van der Waals surface area contributed by atoms with Crippen LogP contribution < -0.4 is 5.32 Å². The van der Waals surface area contributed by atoms with Crippen LogP contribution >= 0.6 is 15.9 Å². The monoisotopic (exact) mass is 412 g/mol. The summed E-state index contributed by atoms with van der Waals surface area (Å²) in [5.41, 5.74) is 1.21. The molecule has 2 rings (SSSR count). The third kappa shape index (κ3) is 4.78. The van der Waals surface area contributed by atoms with Gasteiger partial charge in [-0.2, -0.15) is 0 Å². The Morgan fingerprint density at radius 3 is 2.54 bits per heavy atom. The van der Waals surface area contributed by atoms with E-state index in [4.69, 9.17) is 0 Å². The quantitative estimate of drug-likeness (QED) is 0.575.